The third kappa shape index (κ3) is 5.41. The second-order valence-electron chi connectivity index (χ2n) is 7.67. The first kappa shape index (κ1) is 17.0. The fraction of sp³-hybridized carbons (Fsp3) is 0.789. The first-order chi connectivity index (χ1) is 10.1. The van der Waals surface area contributed by atoms with E-state index in [2.05, 4.69) is 50.5 Å². The molecule has 120 valence electrons. The van der Waals surface area contributed by atoms with Gasteiger partial charge >= 0.3 is 0 Å². The zero-order valence-corrected chi connectivity index (χ0v) is 15.1. The fourth-order valence-corrected chi connectivity index (χ4v) is 4.53. The Bertz CT molecular complexity index is 380. The van der Waals surface area contributed by atoms with Gasteiger partial charge in [0.2, 0.25) is 0 Å². The normalized spacial score (nSPS) is 26.7. The molecule has 1 N–H and O–H groups in total. The largest absolute Gasteiger partial charge is 0.316 e. The summed E-state index contributed by atoms with van der Waals surface area (Å²) in [7, 11) is 0. The summed E-state index contributed by atoms with van der Waals surface area (Å²) in [5, 5.41) is 5.94. The van der Waals surface area contributed by atoms with Gasteiger partial charge in [0, 0.05) is 4.88 Å². The van der Waals surface area contributed by atoms with Crippen LogP contribution in [-0.4, -0.2) is 13.1 Å². The molecule has 0 aromatic carbocycles. The molecule has 3 unspecified atom stereocenters. The Morgan fingerprint density at radius 1 is 1.19 bits per heavy atom. The van der Waals surface area contributed by atoms with Gasteiger partial charge < -0.3 is 5.32 Å². The smallest absolute Gasteiger partial charge is 0.00480 e. The molecular weight excluding hydrogens is 274 g/mol. The van der Waals surface area contributed by atoms with Crippen LogP contribution in [0.15, 0.2) is 17.5 Å². The number of hydrogen-bond donors (Lipinski definition) is 1. The van der Waals surface area contributed by atoms with Crippen LogP contribution in [0, 0.1) is 29.6 Å². The second kappa shape index (κ2) is 8.33. The molecule has 1 saturated carbocycles. The first-order valence-corrected chi connectivity index (χ1v) is 9.67. The Balaban J connectivity index is 1.93. The van der Waals surface area contributed by atoms with Gasteiger partial charge in [-0.3, -0.25) is 0 Å². The summed E-state index contributed by atoms with van der Waals surface area (Å²) < 4.78 is 0. The lowest BCUT2D eigenvalue weighted by atomic mass is 9.69. The molecule has 3 atom stereocenters. The molecule has 0 aliphatic heterocycles. The molecule has 1 nitrogen and oxygen atoms in total. The Kier molecular flexibility index (Phi) is 6.75. The maximum Gasteiger partial charge on any atom is 0.00480 e. The van der Waals surface area contributed by atoms with Crippen LogP contribution in [0.5, 0.6) is 0 Å². The van der Waals surface area contributed by atoms with Crippen molar-refractivity contribution in [3.8, 4) is 0 Å². The van der Waals surface area contributed by atoms with Gasteiger partial charge in [-0.15, -0.1) is 11.3 Å². The molecule has 1 heterocycles. The van der Waals surface area contributed by atoms with Crippen molar-refractivity contribution in [2.75, 3.05) is 13.1 Å². The average molecular weight is 308 g/mol. The van der Waals surface area contributed by atoms with Gasteiger partial charge in [0.1, 0.15) is 0 Å². The Hall–Kier alpha value is -0.340. The molecule has 1 aromatic rings. The number of hydrogen-bond acceptors (Lipinski definition) is 2. The van der Waals surface area contributed by atoms with Gasteiger partial charge in [-0.05, 0) is 79.8 Å². The first-order valence-electron chi connectivity index (χ1n) is 8.79. The summed E-state index contributed by atoms with van der Waals surface area (Å²) in [6.07, 6.45) is 5.59. The van der Waals surface area contributed by atoms with E-state index >= 15 is 0 Å². The van der Waals surface area contributed by atoms with Crippen molar-refractivity contribution in [2.45, 2.75) is 53.4 Å². The molecule has 1 aliphatic carbocycles. The minimum atomic E-state index is 0.757. The van der Waals surface area contributed by atoms with E-state index in [1.54, 1.807) is 4.88 Å². The lowest BCUT2D eigenvalue weighted by Crippen LogP contribution is -2.36. The minimum absolute atomic E-state index is 0.757. The van der Waals surface area contributed by atoms with Crippen molar-refractivity contribution in [1.29, 1.82) is 0 Å². The van der Waals surface area contributed by atoms with Crippen LogP contribution in [0.25, 0.3) is 0 Å². The maximum absolute atomic E-state index is 3.71. The zero-order valence-electron chi connectivity index (χ0n) is 14.3. The van der Waals surface area contributed by atoms with Crippen LogP contribution >= 0.6 is 11.3 Å². The van der Waals surface area contributed by atoms with E-state index < -0.39 is 0 Å². The monoisotopic (exact) mass is 307 g/mol. The van der Waals surface area contributed by atoms with E-state index in [1.807, 2.05) is 11.3 Å². The Morgan fingerprint density at radius 2 is 2.00 bits per heavy atom. The van der Waals surface area contributed by atoms with Crippen LogP contribution < -0.4 is 5.32 Å². The highest BCUT2D eigenvalue weighted by molar-refractivity contribution is 7.09. The summed E-state index contributed by atoms with van der Waals surface area (Å²) in [5.74, 6) is 4.30. The van der Waals surface area contributed by atoms with E-state index in [0.717, 1.165) is 36.1 Å². The van der Waals surface area contributed by atoms with Crippen molar-refractivity contribution in [3.05, 3.63) is 22.4 Å². The van der Waals surface area contributed by atoms with Gasteiger partial charge in [0.05, 0.1) is 0 Å². The van der Waals surface area contributed by atoms with Crippen LogP contribution in [-0.2, 0) is 6.42 Å². The van der Waals surface area contributed by atoms with Crippen molar-refractivity contribution in [3.63, 3.8) is 0 Å². The highest BCUT2D eigenvalue weighted by Gasteiger charge is 2.31. The van der Waals surface area contributed by atoms with Gasteiger partial charge in [0.25, 0.3) is 0 Å². The molecule has 21 heavy (non-hydrogen) atoms. The molecule has 1 aliphatic rings. The molecule has 2 rings (SSSR count). The second-order valence-corrected chi connectivity index (χ2v) is 8.71. The molecule has 0 amide bonds. The van der Waals surface area contributed by atoms with Crippen molar-refractivity contribution in [1.82, 2.24) is 5.32 Å². The van der Waals surface area contributed by atoms with Gasteiger partial charge in [-0.2, -0.15) is 0 Å². The van der Waals surface area contributed by atoms with Crippen LogP contribution in [0.2, 0.25) is 0 Å². The van der Waals surface area contributed by atoms with Gasteiger partial charge in [-0.1, -0.05) is 33.8 Å². The zero-order chi connectivity index (χ0) is 15.2. The Labute approximate surface area is 135 Å². The number of nitrogens with one attached hydrogen (secondary N) is 1. The molecule has 2 heteroatoms. The molecule has 0 spiro atoms. The molecular formula is C19H33NS. The third-order valence-corrected chi connectivity index (χ3v) is 6.02. The van der Waals surface area contributed by atoms with E-state index in [0.29, 0.717) is 0 Å². The van der Waals surface area contributed by atoms with E-state index in [9.17, 15) is 0 Å². The minimum Gasteiger partial charge on any atom is -0.316 e. The van der Waals surface area contributed by atoms with Crippen LogP contribution in [0.3, 0.4) is 0 Å². The SMILES string of the molecule is CC(C)CNCC1CCC(C(C)C)CC1Cc1cccs1. The van der Waals surface area contributed by atoms with Crippen LogP contribution in [0.1, 0.15) is 51.8 Å². The van der Waals surface area contributed by atoms with Gasteiger partial charge in [-0.25, -0.2) is 0 Å². The fourth-order valence-electron chi connectivity index (χ4n) is 3.73. The van der Waals surface area contributed by atoms with Crippen molar-refractivity contribution < 1.29 is 0 Å². The Morgan fingerprint density at radius 3 is 2.62 bits per heavy atom. The number of thiophene rings is 1. The topological polar surface area (TPSA) is 12.0 Å². The molecule has 0 saturated heterocycles. The summed E-state index contributed by atoms with van der Waals surface area (Å²) in [5.41, 5.74) is 0. The summed E-state index contributed by atoms with van der Waals surface area (Å²) in [4.78, 5) is 1.58. The van der Waals surface area contributed by atoms with E-state index in [-0.39, 0.29) is 0 Å². The maximum atomic E-state index is 3.71. The lowest BCUT2D eigenvalue weighted by molar-refractivity contribution is 0.144. The summed E-state index contributed by atoms with van der Waals surface area (Å²) >= 11 is 1.94. The molecule has 0 radical (unpaired) electrons. The van der Waals surface area contributed by atoms with Crippen molar-refractivity contribution in [2.24, 2.45) is 29.6 Å². The standard InChI is InChI=1S/C19H33NS/c1-14(2)12-20-13-17-8-7-16(15(3)4)10-18(17)11-19-6-5-9-21-19/h5-6,9,14-18,20H,7-8,10-13H2,1-4H3. The summed E-state index contributed by atoms with van der Waals surface area (Å²) in [6, 6.07) is 4.52. The molecule has 1 aromatic heterocycles. The third-order valence-electron chi connectivity index (χ3n) is 5.13. The average Bonchev–Trinajstić information content (AvgIpc) is 2.92. The summed E-state index contributed by atoms with van der Waals surface area (Å²) in [6.45, 7) is 11.8. The van der Waals surface area contributed by atoms with E-state index in [1.165, 1.54) is 32.2 Å². The number of rotatable bonds is 7. The van der Waals surface area contributed by atoms with Gasteiger partial charge in [0.15, 0.2) is 0 Å². The van der Waals surface area contributed by atoms with Crippen LogP contribution in [0.4, 0.5) is 0 Å². The van der Waals surface area contributed by atoms with Crippen molar-refractivity contribution >= 4 is 11.3 Å². The predicted molar refractivity (Wildman–Crippen MR) is 94.9 cm³/mol. The quantitative estimate of drug-likeness (QED) is 0.728. The predicted octanol–water partition coefficient (Wildman–Crippen LogP) is 5.22. The van der Waals surface area contributed by atoms with E-state index in [4.69, 9.17) is 0 Å². The highest BCUT2D eigenvalue weighted by Crippen LogP contribution is 2.39. The lowest BCUT2D eigenvalue weighted by Gasteiger charge is -2.38. The highest BCUT2D eigenvalue weighted by atomic mass is 32.1. The molecule has 1 fully saturated rings. The molecule has 0 bridgehead atoms.